The molecule has 4 rings (SSSR count). The van der Waals surface area contributed by atoms with E-state index in [2.05, 4.69) is 27.6 Å². The first-order valence-electron chi connectivity index (χ1n) is 9.60. The Labute approximate surface area is 174 Å². The molecule has 1 fully saturated rings. The van der Waals surface area contributed by atoms with Gasteiger partial charge in [0, 0.05) is 22.9 Å². The molecule has 1 heterocycles. The lowest BCUT2D eigenvalue weighted by atomic mass is 10.1. The van der Waals surface area contributed by atoms with E-state index < -0.39 is 0 Å². The molecule has 1 saturated carbocycles. The number of nitrogens with zero attached hydrogens (tertiary/aromatic N) is 4. The summed E-state index contributed by atoms with van der Waals surface area (Å²) in [5.41, 5.74) is 8.42. The number of amidine groups is 1. The molecule has 150 valence electrons. The molecule has 0 unspecified atom stereocenters. The number of rotatable bonds is 6. The highest BCUT2D eigenvalue weighted by Crippen LogP contribution is 2.36. The van der Waals surface area contributed by atoms with E-state index >= 15 is 0 Å². The largest absolute Gasteiger partial charge is 0.497 e. The highest BCUT2D eigenvalue weighted by Gasteiger charge is 2.26. The first kappa shape index (κ1) is 19.4. The third-order valence-electron chi connectivity index (χ3n) is 4.86. The number of methoxy groups -OCH3 is 1. The minimum atomic E-state index is -0.00182. The highest BCUT2D eigenvalue weighted by atomic mass is 16.5. The van der Waals surface area contributed by atoms with Gasteiger partial charge in [0.2, 0.25) is 0 Å². The van der Waals surface area contributed by atoms with Crippen molar-refractivity contribution in [3.05, 3.63) is 60.4 Å². The summed E-state index contributed by atoms with van der Waals surface area (Å²) in [6, 6.07) is 15.2. The van der Waals surface area contributed by atoms with E-state index in [4.69, 9.17) is 20.5 Å². The summed E-state index contributed by atoms with van der Waals surface area (Å²) in [5.74, 6) is 2.56. The summed E-state index contributed by atoms with van der Waals surface area (Å²) in [6.45, 7) is 3.92. The van der Waals surface area contributed by atoms with Gasteiger partial charge < -0.3 is 15.2 Å². The second-order valence-electron chi connectivity index (χ2n) is 7.08. The number of benzene rings is 2. The molecule has 1 aromatic heterocycles. The Bertz CT molecular complexity index is 1170. The minimum Gasteiger partial charge on any atom is -0.497 e. The van der Waals surface area contributed by atoms with Crippen molar-refractivity contribution >= 4 is 22.7 Å². The van der Waals surface area contributed by atoms with Gasteiger partial charge >= 0.3 is 0 Å². The number of hydrogen-bond acceptors (Lipinski definition) is 6. The molecule has 0 spiro atoms. The SMILES string of the molecule is C=C(OC(N)=Nc1nc(-c2ccc(CC#N)cc2)nc2cc(OC)ccc12)C1CC1. The number of nitrogens with two attached hydrogens (primary N) is 1. The zero-order valence-electron chi connectivity index (χ0n) is 16.6. The predicted molar refractivity (Wildman–Crippen MR) is 115 cm³/mol. The standard InChI is InChI=1S/C23H21N5O2/c1-14(16-7-8-16)30-23(25)28-22-19-10-9-18(29-2)13-20(19)26-21(27-22)17-5-3-15(4-6-17)11-12-24/h3-6,9-10,13,16H,1,7-8,11H2,2H3,(H2,25,26,27,28). The van der Waals surface area contributed by atoms with Crippen LogP contribution in [0.4, 0.5) is 5.82 Å². The maximum atomic E-state index is 8.86. The van der Waals surface area contributed by atoms with Gasteiger partial charge in [-0.2, -0.15) is 10.3 Å². The van der Waals surface area contributed by atoms with Crippen LogP contribution >= 0.6 is 0 Å². The maximum absolute atomic E-state index is 8.86. The Kier molecular flexibility index (Phi) is 5.31. The van der Waals surface area contributed by atoms with Gasteiger partial charge in [-0.15, -0.1) is 0 Å². The number of nitriles is 1. The number of ether oxygens (including phenoxy) is 2. The van der Waals surface area contributed by atoms with Gasteiger partial charge in [-0.3, -0.25) is 0 Å². The van der Waals surface area contributed by atoms with E-state index in [1.54, 1.807) is 7.11 Å². The van der Waals surface area contributed by atoms with E-state index in [-0.39, 0.29) is 6.02 Å². The van der Waals surface area contributed by atoms with Crippen LogP contribution in [0.2, 0.25) is 0 Å². The fourth-order valence-corrected chi connectivity index (χ4v) is 3.05. The van der Waals surface area contributed by atoms with E-state index in [9.17, 15) is 0 Å². The molecule has 30 heavy (non-hydrogen) atoms. The van der Waals surface area contributed by atoms with Gasteiger partial charge in [-0.25, -0.2) is 9.97 Å². The highest BCUT2D eigenvalue weighted by molar-refractivity contribution is 5.92. The lowest BCUT2D eigenvalue weighted by molar-refractivity contribution is 0.381. The van der Waals surface area contributed by atoms with Gasteiger partial charge in [0.1, 0.15) is 11.5 Å². The molecule has 1 aliphatic rings. The first-order chi connectivity index (χ1) is 14.6. The lowest BCUT2D eigenvalue weighted by Crippen LogP contribution is -2.16. The topological polar surface area (TPSA) is 106 Å². The Morgan fingerprint density at radius 3 is 2.67 bits per heavy atom. The van der Waals surface area contributed by atoms with Crippen molar-refractivity contribution < 1.29 is 9.47 Å². The molecule has 0 amide bonds. The van der Waals surface area contributed by atoms with Crippen LogP contribution in [0.5, 0.6) is 5.75 Å². The van der Waals surface area contributed by atoms with Gasteiger partial charge in [0.05, 0.1) is 25.1 Å². The van der Waals surface area contributed by atoms with Gasteiger partial charge in [0.15, 0.2) is 11.6 Å². The smallest absolute Gasteiger partial charge is 0.293 e. The Balaban J connectivity index is 1.77. The van der Waals surface area contributed by atoms with Crippen LogP contribution < -0.4 is 10.5 Å². The Hall–Kier alpha value is -3.92. The second-order valence-corrected chi connectivity index (χ2v) is 7.08. The summed E-state index contributed by atoms with van der Waals surface area (Å²) in [7, 11) is 1.60. The molecule has 7 nitrogen and oxygen atoms in total. The van der Waals surface area contributed by atoms with Crippen molar-refractivity contribution in [1.82, 2.24) is 9.97 Å². The third kappa shape index (κ3) is 4.23. The fraction of sp³-hybridized carbons (Fsp3) is 0.217. The van der Waals surface area contributed by atoms with Crippen molar-refractivity contribution in [3.63, 3.8) is 0 Å². The third-order valence-corrected chi connectivity index (χ3v) is 4.86. The Morgan fingerprint density at radius 1 is 1.23 bits per heavy atom. The van der Waals surface area contributed by atoms with Crippen LogP contribution in [-0.4, -0.2) is 23.1 Å². The van der Waals surface area contributed by atoms with E-state index in [0.717, 1.165) is 29.4 Å². The van der Waals surface area contributed by atoms with Crippen molar-refractivity contribution in [3.8, 4) is 23.2 Å². The van der Waals surface area contributed by atoms with E-state index in [0.29, 0.717) is 41.0 Å². The monoisotopic (exact) mass is 399 g/mol. The quantitative estimate of drug-likeness (QED) is 0.377. The fourth-order valence-electron chi connectivity index (χ4n) is 3.05. The second kappa shape index (κ2) is 8.21. The van der Waals surface area contributed by atoms with Crippen LogP contribution in [0.15, 0.2) is 59.8 Å². The van der Waals surface area contributed by atoms with E-state index in [1.165, 1.54) is 0 Å². The molecule has 0 aliphatic heterocycles. The molecule has 0 saturated heterocycles. The number of fused-ring (bicyclic) bond motifs is 1. The van der Waals surface area contributed by atoms with Crippen molar-refractivity contribution in [1.29, 1.82) is 5.26 Å². The van der Waals surface area contributed by atoms with Crippen LogP contribution in [0.3, 0.4) is 0 Å². The number of aromatic nitrogens is 2. The average Bonchev–Trinajstić information content (AvgIpc) is 3.59. The first-order valence-corrected chi connectivity index (χ1v) is 9.60. The molecule has 2 N–H and O–H groups in total. The molecule has 3 aromatic rings. The summed E-state index contributed by atoms with van der Waals surface area (Å²) in [4.78, 5) is 13.7. The molecular weight excluding hydrogens is 378 g/mol. The number of hydrogen-bond donors (Lipinski definition) is 1. The number of allylic oxidation sites excluding steroid dienone is 1. The van der Waals surface area contributed by atoms with Gasteiger partial charge in [0.25, 0.3) is 6.02 Å². The van der Waals surface area contributed by atoms with Crippen molar-refractivity contribution in [2.24, 2.45) is 16.6 Å². The molecule has 1 aliphatic carbocycles. The molecule has 0 bridgehead atoms. The summed E-state index contributed by atoms with van der Waals surface area (Å²) < 4.78 is 10.9. The zero-order valence-corrected chi connectivity index (χ0v) is 16.6. The lowest BCUT2D eigenvalue weighted by Gasteiger charge is -2.10. The van der Waals surface area contributed by atoms with Crippen LogP contribution in [0, 0.1) is 17.2 Å². The Morgan fingerprint density at radius 2 is 2.00 bits per heavy atom. The summed E-state index contributed by atoms with van der Waals surface area (Å²) >= 11 is 0. The molecular formula is C23H21N5O2. The number of aliphatic imine (C=N–C) groups is 1. The molecule has 0 atom stereocenters. The van der Waals surface area contributed by atoms with Crippen LogP contribution in [0.1, 0.15) is 18.4 Å². The van der Waals surface area contributed by atoms with Gasteiger partial charge in [-0.1, -0.05) is 30.8 Å². The van der Waals surface area contributed by atoms with Crippen LogP contribution in [-0.2, 0) is 11.2 Å². The van der Waals surface area contributed by atoms with Crippen molar-refractivity contribution in [2.45, 2.75) is 19.3 Å². The van der Waals surface area contributed by atoms with E-state index in [1.807, 2.05) is 42.5 Å². The van der Waals surface area contributed by atoms with Gasteiger partial charge in [-0.05, 0) is 30.5 Å². The molecule has 7 heteroatoms. The normalized spacial score (nSPS) is 13.7. The minimum absolute atomic E-state index is 0.00182. The molecule has 2 aromatic carbocycles. The average molecular weight is 399 g/mol. The summed E-state index contributed by atoms with van der Waals surface area (Å²) in [5, 5.41) is 9.59. The predicted octanol–water partition coefficient (Wildman–Crippen LogP) is 4.26. The van der Waals surface area contributed by atoms with Crippen LogP contribution in [0.25, 0.3) is 22.3 Å². The zero-order chi connectivity index (χ0) is 21.1. The van der Waals surface area contributed by atoms with Crippen molar-refractivity contribution in [2.75, 3.05) is 7.11 Å². The molecule has 0 radical (unpaired) electrons. The summed E-state index contributed by atoms with van der Waals surface area (Å²) in [6.07, 6.45) is 2.48. The maximum Gasteiger partial charge on any atom is 0.293 e.